The highest BCUT2D eigenvalue weighted by atomic mass is 19.4. The number of carbonyl (C=O) groups is 2. The van der Waals surface area contributed by atoms with E-state index in [-0.39, 0.29) is 13.1 Å². The van der Waals surface area contributed by atoms with Crippen molar-refractivity contribution in [2.75, 3.05) is 27.3 Å². The zero-order chi connectivity index (χ0) is 20.0. The molecule has 0 radical (unpaired) electrons. The molecule has 1 fully saturated rings. The quantitative estimate of drug-likeness (QED) is 0.706. The van der Waals surface area contributed by atoms with Crippen LogP contribution in [0.4, 0.5) is 13.2 Å². The van der Waals surface area contributed by atoms with Crippen molar-refractivity contribution < 1.29 is 32.2 Å². The second-order valence-corrected chi connectivity index (χ2v) is 5.89. The summed E-state index contributed by atoms with van der Waals surface area (Å²) in [6.45, 7) is 0.495. The number of hydrogen-bond acceptors (Lipinski definition) is 4. The standard InChI is InChI=1S/C18H21F3N2O4/c1-26-14-5-6-15(27-2)13(12-14)4-7-16(24)22-10-3-11-23(22)17(25)8-9-18(19,20)21/h4-7,12H,3,8-11H2,1-2H3. The number of methoxy groups -OCH3 is 2. The Bertz CT molecular complexity index is 719. The van der Waals surface area contributed by atoms with Crippen LogP contribution in [0.5, 0.6) is 11.5 Å². The van der Waals surface area contributed by atoms with Crippen LogP contribution < -0.4 is 9.47 Å². The normalized spacial score (nSPS) is 14.7. The van der Waals surface area contributed by atoms with Gasteiger partial charge in [0.05, 0.1) is 20.6 Å². The summed E-state index contributed by atoms with van der Waals surface area (Å²) >= 11 is 0. The Balaban J connectivity index is 2.08. The third kappa shape index (κ3) is 5.63. The predicted octanol–water partition coefficient (Wildman–Crippen LogP) is 3.04. The van der Waals surface area contributed by atoms with Gasteiger partial charge in [-0.05, 0) is 30.7 Å². The van der Waals surface area contributed by atoms with E-state index >= 15 is 0 Å². The maximum atomic E-state index is 12.4. The van der Waals surface area contributed by atoms with Gasteiger partial charge in [-0.25, -0.2) is 5.01 Å². The van der Waals surface area contributed by atoms with Crippen molar-refractivity contribution in [1.29, 1.82) is 0 Å². The van der Waals surface area contributed by atoms with Gasteiger partial charge in [-0.15, -0.1) is 0 Å². The monoisotopic (exact) mass is 386 g/mol. The second-order valence-electron chi connectivity index (χ2n) is 5.89. The summed E-state index contributed by atoms with van der Waals surface area (Å²) in [5, 5.41) is 2.25. The van der Waals surface area contributed by atoms with E-state index in [2.05, 4.69) is 0 Å². The van der Waals surface area contributed by atoms with Gasteiger partial charge >= 0.3 is 6.18 Å². The van der Waals surface area contributed by atoms with Crippen LogP contribution in [-0.4, -0.2) is 55.3 Å². The van der Waals surface area contributed by atoms with Crippen molar-refractivity contribution in [3.05, 3.63) is 29.8 Å². The molecule has 0 aromatic heterocycles. The SMILES string of the molecule is COc1ccc(OC)c(C=CC(=O)N2CCCN2C(=O)CCC(F)(F)F)c1. The van der Waals surface area contributed by atoms with Crippen molar-refractivity contribution in [2.45, 2.75) is 25.4 Å². The fraction of sp³-hybridized carbons (Fsp3) is 0.444. The molecular formula is C18H21F3N2O4. The minimum Gasteiger partial charge on any atom is -0.497 e. The Morgan fingerprint density at radius 2 is 1.85 bits per heavy atom. The van der Waals surface area contributed by atoms with Crippen LogP contribution in [0.2, 0.25) is 0 Å². The van der Waals surface area contributed by atoms with Crippen molar-refractivity contribution in [1.82, 2.24) is 10.0 Å². The number of amides is 2. The van der Waals surface area contributed by atoms with Crippen molar-refractivity contribution in [2.24, 2.45) is 0 Å². The van der Waals surface area contributed by atoms with Crippen LogP contribution in [0.15, 0.2) is 24.3 Å². The molecule has 0 atom stereocenters. The fourth-order valence-corrected chi connectivity index (χ4v) is 2.69. The highest BCUT2D eigenvalue weighted by Crippen LogP contribution is 2.26. The van der Waals surface area contributed by atoms with Gasteiger partial charge < -0.3 is 9.47 Å². The van der Waals surface area contributed by atoms with E-state index in [1.54, 1.807) is 18.2 Å². The van der Waals surface area contributed by atoms with Gasteiger partial charge in [0.25, 0.3) is 5.91 Å². The van der Waals surface area contributed by atoms with Gasteiger partial charge in [0.15, 0.2) is 0 Å². The Morgan fingerprint density at radius 1 is 1.15 bits per heavy atom. The van der Waals surface area contributed by atoms with Gasteiger partial charge in [0, 0.05) is 31.1 Å². The number of hydrogen-bond donors (Lipinski definition) is 0. The molecule has 1 aromatic carbocycles. The van der Waals surface area contributed by atoms with Gasteiger partial charge in [0.1, 0.15) is 11.5 Å². The molecule has 0 N–H and O–H groups in total. The number of alkyl halides is 3. The predicted molar refractivity (Wildman–Crippen MR) is 91.9 cm³/mol. The first-order valence-corrected chi connectivity index (χ1v) is 8.34. The molecule has 0 spiro atoms. The highest BCUT2D eigenvalue weighted by Gasteiger charge is 2.33. The van der Waals surface area contributed by atoms with Gasteiger partial charge in [-0.2, -0.15) is 13.2 Å². The Hall–Kier alpha value is -2.71. The number of halogens is 3. The molecule has 1 heterocycles. The lowest BCUT2D eigenvalue weighted by Crippen LogP contribution is -2.44. The average Bonchev–Trinajstić information content (AvgIpc) is 3.13. The van der Waals surface area contributed by atoms with Crippen LogP contribution in [0, 0.1) is 0 Å². The van der Waals surface area contributed by atoms with Crippen LogP contribution >= 0.6 is 0 Å². The Labute approximate surface area is 155 Å². The smallest absolute Gasteiger partial charge is 0.389 e. The van der Waals surface area contributed by atoms with E-state index in [0.29, 0.717) is 23.5 Å². The maximum absolute atomic E-state index is 12.4. The van der Waals surface area contributed by atoms with Crippen LogP contribution in [-0.2, 0) is 9.59 Å². The molecule has 148 valence electrons. The largest absolute Gasteiger partial charge is 0.497 e. The maximum Gasteiger partial charge on any atom is 0.389 e. The first kappa shape index (κ1) is 20.6. The van der Waals surface area contributed by atoms with Gasteiger partial charge in [-0.3, -0.25) is 14.6 Å². The van der Waals surface area contributed by atoms with Gasteiger partial charge in [-0.1, -0.05) is 0 Å². The summed E-state index contributed by atoms with van der Waals surface area (Å²) in [5.41, 5.74) is 0.597. The van der Waals surface area contributed by atoms with E-state index in [4.69, 9.17) is 9.47 Å². The summed E-state index contributed by atoms with van der Waals surface area (Å²) in [4.78, 5) is 24.5. The van der Waals surface area contributed by atoms with Crippen molar-refractivity contribution in [3.8, 4) is 11.5 Å². The van der Waals surface area contributed by atoms with Gasteiger partial charge in [0.2, 0.25) is 5.91 Å². The topological polar surface area (TPSA) is 59.1 Å². The first-order chi connectivity index (χ1) is 12.7. The number of rotatable bonds is 6. The summed E-state index contributed by atoms with van der Waals surface area (Å²) in [7, 11) is 3.00. The fourth-order valence-electron chi connectivity index (χ4n) is 2.69. The molecule has 1 aliphatic rings. The lowest BCUT2D eigenvalue weighted by Gasteiger charge is -2.27. The molecule has 6 nitrogen and oxygen atoms in total. The molecule has 0 saturated carbocycles. The molecule has 0 aliphatic carbocycles. The lowest BCUT2D eigenvalue weighted by molar-refractivity contribution is -0.161. The minimum absolute atomic E-state index is 0.221. The van der Waals surface area contributed by atoms with Crippen LogP contribution in [0.1, 0.15) is 24.8 Å². The first-order valence-electron chi connectivity index (χ1n) is 8.34. The molecular weight excluding hydrogens is 365 g/mol. The van der Waals surface area contributed by atoms with E-state index in [1.165, 1.54) is 31.4 Å². The number of nitrogens with zero attached hydrogens (tertiary/aromatic N) is 2. The second kappa shape index (κ2) is 8.79. The van der Waals surface area contributed by atoms with E-state index in [0.717, 1.165) is 5.01 Å². The molecule has 2 amide bonds. The zero-order valence-electron chi connectivity index (χ0n) is 15.1. The van der Waals surface area contributed by atoms with Crippen LogP contribution in [0.3, 0.4) is 0 Å². The lowest BCUT2D eigenvalue weighted by atomic mass is 10.1. The summed E-state index contributed by atoms with van der Waals surface area (Å²) in [5.74, 6) is -0.101. The molecule has 27 heavy (non-hydrogen) atoms. The highest BCUT2D eigenvalue weighted by molar-refractivity contribution is 5.93. The van der Waals surface area contributed by atoms with Crippen molar-refractivity contribution in [3.63, 3.8) is 0 Å². The number of carbonyl (C=O) groups excluding carboxylic acids is 2. The third-order valence-corrected chi connectivity index (χ3v) is 4.04. The minimum atomic E-state index is -4.41. The van der Waals surface area contributed by atoms with Crippen molar-refractivity contribution >= 4 is 17.9 Å². The van der Waals surface area contributed by atoms with E-state index in [9.17, 15) is 22.8 Å². The zero-order valence-corrected chi connectivity index (χ0v) is 15.1. The summed E-state index contributed by atoms with van der Waals surface area (Å²) in [6.07, 6.45) is -3.01. The molecule has 1 aromatic rings. The summed E-state index contributed by atoms with van der Waals surface area (Å²) < 4.78 is 47.3. The Morgan fingerprint density at radius 3 is 2.48 bits per heavy atom. The number of ether oxygens (including phenoxy) is 2. The molecule has 1 saturated heterocycles. The Kier molecular flexibility index (Phi) is 6.70. The molecule has 1 aliphatic heterocycles. The van der Waals surface area contributed by atoms with Crippen LogP contribution in [0.25, 0.3) is 6.08 Å². The van der Waals surface area contributed by atoms with E-state index < -0.39 is 30.8 Å². The third-order valence-electron chi connectivity index (χ3n) is 4.04. The molecule has 9 heteroatoms. The average molecular weight is 386 g/mol. The molecule has 0 unspecified atom stereocenters. The number of benzene rings is 1. The van der Waals surface area contributed by atoms with E-state index in [1.807, 2.05) is 0 Å². The molecule has 2 rings (SSSR count). The number of hydrazine groups is 1. The molecule has 0 bridgehead atoms. The summed E-state index contributed by atoms with van der Waals surface area (Å²) in [6, 6.07) is 5.07.